The van der Waals surface area contributed by atoms with Crippen LogP contribution in [0.1, 0.15) is 41.5 Å². The van der Waals surface area contributed by atoms with Crippen molar-refractivity contribution < 1.29 is 19.4 Å². The van der Waals surface area contributed by atoms with Crippen molar-refractivity contribution in [2.75, 3.05) is 6.61 Å². The minimum Gasteiger partial charge on any atom is -0.444 e. The first-order chi connectivity index (χ1) is 8.46. The number of aliphatic hydroxyl groups excluding tert-OH is 1. The third kappa shape index (κ3) is 3.70. The average Bonchev–Trinajstić information content (AvgIpc) is 2.50. The largest absolute Gasteiger partial charge is 0.444 e. The third-order valence-corrected chi connectivity index (χ3v) is 2.98. The summed E-state index contributed by atoms with van der Waals surface area (Å²) in [4.78, 5) is 13.8. The molecule has 1 N–H and O–H groups in total. The number of ether oxygens (including phenoxy) is 2. The third-order valence-electron chi connectivity index (χ3n) is 2.98. The number of amides is 1. The molecule has 0 aromatic carbocycles. The molecule has 0 aromatic heterocycles. The van der Waals surface area contributed by atoms with Crippen molar-refractivity contribution >= 4 is 6.09 Å². The molecule has 0 spiro atoms. The first-order valence-corrected chi connectivity index (χ1v) is 6.45. The van der Waals surface area contributed by atoms with Crippen LogP contribution in [0.2, 0.25) is 0 Å². The number of hydrogen-bond acceptors (Lipinski definition) is 4. The Hall–Kier alpha value is -1.07. The van der Waals surface area contributed by atoms with Gasteiger partial charge in [0.15, 0.2) is 0 Å². The van der Waals surface area contributed by atoms with Crippen molar-refractivity contribution in [3.8, 4) is 0 Å². The van der Waals surface area contributed by atoms with Gasteiger partial charge in [0.05, 0.1) is 18.8 Å². The lowest BCUT2D eigenvalue weighted by molar-refractivity contribution is -0.0663. The van der Waals surface area contributed by atoms with Crippen molar-refractivity contribution in [2.24, 2.45) is 0 Å². The fourth-order valence-electron chi connectivity index (χ4n) is 2.06. The van der Waals surface area contributed by atoms with Gasteiger partial charge in [-0.15, -0.1) is 0 Å². The zero-order chi connectivity index (χ0) is 15.0. The molecule has 1 rings (SSSR count). The van der Waals surface area contributed by atoms with Gasteiger partial charge >= 0.3 is 6.09 Å². The van der Waals surface area contributed by atoms with Crippen molar-refractivity contribution in [1.82, 2.24) is 4.90 Å². The Balaban J connectivity index is 2.96. The second-order valence-corrected chi connectivity index (χ2v) is 6.47. The molecule has 0 radical (unpaired) electrons. The van der Waals surface area contributed by atoms with Gasteiger partial charge in [-0.2, -0.15) is 0 Å². The normalized spacial score (nSPS) is 24.2. The Morgan fingerprint density at radius 1 is 1.53 bits per heavy atom. The van der Waals surface area contributed by atoms with Crippen molar-refractivity contribution in [2.45, 2.75) is 65.0 Å². The average molecular weight is 271 g/mol. The topological polar surface area (TPSA) is 59.0 Å². The lowest BCUT2D eigenvalue weighted by atomic mass is 10.0. The summed E-state index contributed by atoms with van der Waals surface area (Å²) in [6, 6.07) is -0.470. The number of carbonyl (C=O) groups is 1. The number of rotatable bonds is 2. The van der Waals surface area contributed by atoms with E-state index in [4.69, 9.17) is 9.47 Å². The van der Waals surface area contributed by atoms with Crippen LogP contribution in [0.3, 0.4) is 0 Å². The van der Waals surface area contributed by atoms with E-state index in [1.54, 1.807) is 41.5 Å². The van der Waals surface area contributed by atoms with Crippen LogP contribution in [-0.4, -0.2) is 46.2 Å². The van der Waals surface area contributed by atoms with E-state index >= 15 is 0 Å². The molecule has 110 valence electrons. The van der Waals surface area contributed by atoms with Crippen LogP contribution in [0.5, 0.6) is 0 Å². The predicted octanol–water partition coefficient (Wildman–Crippen LogP) is 2.30. The lowest BCUT2D eigenvalue weighted by Crippen LogP contribution is -2.53. The van der Waals surface area contributed by atoms with Gasteiger partial charge in [-0.25, -0.2) is 4.79 Å². The quantitative estimate of drug-likeness (QED) is 0.783. The highest BCUT2D eigenvalue weighted by molar-refractivity contribution is 5.70. The molecule has 19 heavy (non-hydrogen) atoms. The van der Waals surface area contributed by atoms with Gasteiger partial charge in [0.2, 0.25) is 0 Å². The van der Waals surface area contributed by atoms with Gasteiger partial charge in [0.25, 0.3) is 0 Å². The van der Waals surface area contributed by atoms with Gasteiger partial charge < -0.3 is 14.6 Å². The summed E-state index contributed by atoms with van der Waals surface area (Å²) in [6.45, 7) is 14.7. The second-order valence-electron chi connectivity index (χ2n) is 6.47. The molecule has 0 bridgehead atoms. The number of aliphatic hydroxyl groups is 1. The summed E-state index contributed by atoms with van der Waals surface area (Å²) in [6.07, 6.45) is -1.31. The lowest BCUT2D eigenvalue weighted by Gasteiger charge is -2.36. The molecule has 1 heterocycles. The molecule has 2 atom stereocenters. The highest BCUT2D eigenvalue weighted by Gasteiger charge is 2.48. The Morgan fingerprint density at radius 2 is 2.05 bits per heavy atom. The number of carbonyl (C=O) groups excluding carboxylic acids is 1. The molecular formula is C14H25NO4. The van der Waals surface area contributed by atoms with E-state index in [9.17, 15) is 9.90 Å². The van der Waals surface area contributed by atoms with Crippen LogP contribution < -0.4 is 0 Å². The Bertz CT molecular complexity index is 370. The molecule has 1 unspecified atom stereocenters. The monoisotopic (exact) mass is 271 g/mol. The van der Waals surface area contributed by atoms with Crippen molar-refractivity contribution in [3.63, 3.8) is 0 Å². The van der Waals surface area contributed by atoms with Gasteiger partial charge in [-0.05, 0) is 41.5 Å². The van der Waals surface area contributed by atoms with Crippen LogP contribution in [0.4, 0.5) is 4.79 Å². The zero-order valence-electron chi connectivity index (χ0n) is 12.7. The van der Waals surface area contributed by atoms with Crippen molar-refractivity contribution in [1.29, 1.82) is 0 Å². The minimum absolute atomic E-state index is 0.264. The first-order valence-electron chi connectivity index (χ1n) is 6.45. The molecule has 1 saturated heterocycles. The van der Waals surface area contributed by atoms with Gasteiger partial charge in [-0.1, -0.05) is 12.2 Å². The molecule has 5 heteroatoms. The maximum absolute atomic E-state index is 12.3. The highest BCUT2D eigenvalue weighted by atomic mass is 16.6. The van der Waals surface area contributed by atoms with Crippen LogP contribution in [-0.2, 0) is 9.47 Å². The second kappa shape index (κ2) is 5.13. The fraction of sp³-hybridized carbons (Fsp3) is 0.786. The molecule has 1 fully saturated rings. The standard InChI is InChI=1S/C14H25NO4/c1-9(2)11(16)10-8-18-14(6,7)15(10)12(17)19-13(3,4)5/h10-11,16H,1,8H2,2-7H3/t10-,11?/m1/s1. The molecule has 1 aliphatic rings. The minimum atomic E-state index is -0.825. The van der Waals surface area contributed by atoms with Crippen LogP contribution in [0, 0.1) is 0 Å². The summed E-state index contributed by atoms with van der Waals surface area (Å²) in [5, 5.41) is 10.1. The van der Waals surface area contributed by atoms with Gasteiger partial charge in [0.1, 0.15) is 11.3 Å². The van der Waals surface area contributed by atoms with E-state index in [0.29, 0.717) is 5.57 Å². The number of hydrogen-bond donors (Lipinski definition) is 1. The summed E-state index contributed by atoms with van der Waals surface area (Å²) in [5.41, 5.74) is -0.794. The smallest absolute Gasteiger partial charge is 0.413 e. The SMILES string of the molecule is C=C(C)C(O)[C@H]1COC(C)(C)N1C(=O)OC(C)(C)C. The molecule has 0 saturated carbocycles. The predicted molar refractivity (Wildman–Crippen MR) is 72.7 cm³/mol. The summed E-state index contributed by atoms with van der Waals surface area (Å²) in [5.74, 6) is 0. The van der Waals surface area contributed by atoms with Crippen LogP contribution >= 0.6 is 0 Å². The van der Waals surface area contributed by atoms with E-state index in [1.807, 2.05) is 0 Å². The van der Waals surface area contributed by atoms with Crippen molar-refractivity contribution in [3.05, 3.63) is 12.2 Å². The maximum Gasteiger partial charge on any atom is 0.413 e. The number of nitrogens with zero attached hydrogens (tertiary/aromatic N) is 1. The Labute approximate surface area is 115 Å². The summed E-state index contributed by atoms with van der Waals surface area (Å²) in [7, 11) is 0. The summed E-state index contributed by atoms with van der Waals surface area (Å²) >= 11 is 0. The van der Waals surface area contributed by atoms with E-state index in [-0.39, 0.29) is 6.61 Å². The van der Waals surface area contributed by atoms with Gasteiger partial charge in [-0.3, -0.25) is 4.90 Å². The van der Waals surface area contributed by atoms with E-state index in [1.165, 1.54) is 4.90 Å². The van der Waals surface area contributed by atoms with Crippen LogP contribution in [0.25, 0.3) is 0 Å². The van der Waals surface area contributed by atoms with E-state index < -0.39 is 29.6 Å². The maximum atomic E-state index is 12.3. The highest BCUT2D eigenvalue weighted by Crippen LogP contribution is 2.32. The molecule has 1 amide bonds. The van der Waals surface area contributed by atoms with Crippen LogP contribution in [0.15, 0.2) is 12.2 Å². The molecule has 0 aliphatic carbocycles. The van der Waals surface area contributed by atoms with E-state index in [2.05, 4.69) is 6.58 Å². The fourth-order valence-corrected chi connectivity index (χ4v) is 2.06. The zero-order valence-corrected chi connectivity index (χ0v) is 12.7. The molecule has 5 nitrogen and oxygen atoms in total. The molecule has 1 aliphatic heterocycles. The Morgan fingerprint density at radius 3 is 2.47 bits per heavy atom. The first kappa shape index (κ1) is 16.0. The van der Waals surface area contributed by atoms with E-state index in [0.717, 1.165) is 0 Å². The summed E-state index contributed by atoms with van der Waals surface area (Å²) < 4.78 is 11.0. The molecular weight excluding hydrogens is 246 g/mol. The Kier molecular flexibility index (Phi) is 4.32. The van der Waals surface area contributed by atoms with Gasteiger partial charge in [0, 0.05) is 0 Å². The molecule has 0 aromatic rings.